The second-order valence-electron chi connectivity index (χ2n) is 4.99. The zero-order valence-corrected chi connectivity index (χ0v) is 12.5. The molecule has 1 heterocycles. The van der Waals surface area contributed by atoms with E-state index in [4.69, 9.17) is 4.74 Å². The Balaban J connectivity index is 1.99. The van der Waals surface area contributed by atoms with E-state index in [0.29, 0.717) is 11.3 Å². The van der Waals surface area contributed by atoms with Crippen LogP contribution in [0.3, 0.4) is 0 Å². The van der Waals surface area contributed by atoms with Gasteiger partial charge < -0.3 is 10.1 Å². The van der Waals surface area contributed by atoms with E-state index in [-0.39, 0.29) is 5.91 Å². The van der Waals surface area contributed by atoms with Gasteiger partial charge in [0.1, 0.15) is 5.75 Å². The Morgan fingerprint density at radius 2 is 1.91 bits per heavy atom. The molecule has 0 saturated carbocycles. The van der Waals surface area contributed by atoms with Gasteiger partial charge in [0.2, 0.25) is 0 Å². The lowest BCUT2D eigenvalue weighted by molar-refractivity contribution is 0.102. The molecule has 0 atom stereocenters. The lowest BCUT2D eigenvalue weighted by Gasteiger charge is -2.12. The minimum absolute atomic E-state index is 0.197. The molecule has 110 valence electrons. The first-order valence-corrected chi connectivity index (χ1v) is 6.99. The van der Waals surface area contributed by atoms with Crippen LogP contribution in [0.4, 0.5) is 5.69 Å². The molecule has 0 unspecified atom stereocenters. The Morgan fingerprint density at radius 3 is 2.73 bits per heavy atom. The van der Waals surface area contributed by atoms with Crippen LogP contribution in [0.2, 0.25) is 0 Å². The highest BCUT2D eigenvalue weighted by Crippen LogP contribution is 2.26. The van der Waals surface area contributed by atoms with Gasteiger partial charge in [-0.2, -0.15) is 0 Å². The third-order valence-electron chi connectivity index (χ3n) is 3.55. The highest BCUT2D eigenvalue weighted by molar-refractivity contribution is 6.10. The number of benzene rings is 2. The predicted molar refractivity (Wildman–Crippen MR) is 87.4 cm³/mol. The fourth-order valence-corrected chi connectivity index (χ4v) is 2.50. The van der Waals surface area contributed by atoms with Crippen molar-refractivity contribution in [1.29, 1.82) is 0 Å². The quantitative estimate of drug-likeness (QED) is 0.798. The largest absolute Gasteiger partial charge is 0.496 e. The van der Waals surface area contributed by atoms with Crippen LogP contribution in [0.25, 0.3) is 10.9 Å². The van der Waals surface area contributed by atoms with Gasteiger partial charge in [-0.15, -0.1) is 0 Å². The molecule has 22 heavy (non-hydrogen) atoms. The second-order valence-corrected chi connectivity index (χ2v) is 4.99. The summed E-state index contributed by atoms with van der Waals surface area (Å²) >= 11 is 0. The molecule has 0 aliphatic carbocycles. The predicted octanol–water partition coefficient (Wildman–Crippen LogP) is 3.80. The maximum Gasteiger partial charge on any atom is 0.259 e. The van der Waals surface area contributed by atoms with Crippen molar-refractivity contribution < 1.29 is 9.53 Å². The molecule has 1 amide bonds. The number of hydrogen-bond donors (Lipinski definition) is 1. The van der Waals surface area contributed by atoms with Crippen molar-refractivity contribution in [2.45, 2.75) is 6.92 Å². The summed E-state index contributed by atoms with van der Waals surface area (Å²) in [6.07, 6.45) is 1.73. The van der Waals surface area contributed by atoms with E-state index >= 15 is 0 Å². The van der Waals surface area contributed by atoms with Gasteiger partial charge in [0.25, 0.3) is 5.91 Å². The van der Waals surface area contributed by atoms with Gasteiger partial charge in [-0.3, -0.25) is 9.78 Å². The number of carbonyl (C=O) groups excluding carboxylic acids is 1. The number of methoxy groups -OCH3 is 1. The highest BCUT2D eigenvalue weighted by atomic mass is 16.5. The Labute approximate surface area is 128 Å². The van der Waals surface area contributed by atoms with E-state index in [1.807, 2.05) is 49.4 Å². The Hall–Kier alpha value is -2.88. The number of aryl methyl sites for hydroxylation is 1. The van der Waals surface area contributed by atoms with Crippen LogP contribution >= 0.6 is 0 Å². The van der Waals surface area contributed by atoms with Crippen molar-refractivity contribution in [3.05, 3.63) is 65.9 Å². The van der Waals surface area contributed by atoms with Gasteiger partial charge in [-0.1, -0.05) is 18.2 Å². The number of carbonyl (C=O) groups is 1. The first-order valence-electron chi connectivity index (χ1n) is 6.99. The number of para-hydroxylation sites is 1. The topological polar surface area (TPSA) is 51.2 Å². The highest BCUT2D eigenvalue weighted by Gasteiger charge is 2.15. The Morgan fingerprint density at radius 1 is 1.09 bits per heavy atom. The summed E-state index contributed by atoms with van der Waals surface area (Å²) in [5.41, 5.74) is 3.02. The number of aromatic nitrogens is 1. The number of amides is 1. The summed E-state index contributed by atoms with van der Waals surface area (Å²) in [6, 6.07) is 15.0. The number of nitrogens with one attached hydrogen (secondary N) is 1. The lowest BCUT2D eigenvalue weighted by atomic mass is 10.1. The normalized spacial score (nSPS) is 10.5. The number of hydrogen-bond acceptors (Lipinski definition) is 3. The van der Waals surface area contributed by atoms with Crippen molar-refractivity contribution in [2.24, 2.45) is 0 Å². The fraction of sp³-hybridized carbons (Fsp3) is 0.111. The van der Waals surface area contributed by atoms with E-state index < -0.39 is 0 Å². The van der Waals surface area contributed by atoms with Gasteiger partial charge in [-0.25, -0.2) is 0 Å². The van der Waals surface area contributed by atoms with Crippen molar-refractivity contribution in [2.75, 3.05) is 12.4 Å². The van der Waals surface area contributed by atoms with Gasteiger partial charge in [0.15, 0.2) is 0 Å². The van der Waals surface area contributed by atoms with Crippen molar-refractivity contribution >= 4 is 22.5 Å². The molecule has 3 rings (SSSR count). The number of pyridine rings is 1. The second kappa shape index (κ2) is 5.85. The maximum atomic E-state index is 12.6. The van der Waals surface area contributed by atoms with Crippen LogP contribution in [0, 0.1) is 6.92 Å². The van der Waals surface area contributed by atoms with Crippen LogP contribution in [-0.2, 0) is 0 Å². The minimum atomic E-state index is -0.197. The molecule has 1 N–H and O–H groups in total. The average molecular weight is 292 g/mol. The molecule has 0 saturated heterocycles. The number of fused-ring (bicyclic) bond motifs is 1. The molecule has 0 aliphatic heterocycles. The average Bonchev–Trinajstić information content (AvgIpc) is 2.55. The molecule has 0 aliphatic rings. The standard InChI is InChI=1S/C18H16N2O2/c1-12-6-3-7-14(17(12)22-2)18(21)20-16-10-4-9-15-13(16)8-5-11-19-15/h3-11H,1-2H3,(H,20,21). The summed E-state index contributed by atoms with van der Waals surface area (Å²) in [5, 5.41) is 3.85. The summed E-state index contributed by atoms with van der Waals surface area (Å²) in [7, 11) is 1.57. The zero-order valence-electron chi connectivity index (χ0n) is 12.5. The molecule has 4 nitrogen and oxygen atoms in total. The van der Waals surface area contributed by atoms with E-state index in [1.165, 1.54) is 0 Å². The lowest BCUT2D eigenvalue weighted by Crippen LogP contribution is -2.14. The molecule has 1 aromatic heterocycles. The van der Waals surface area contributed by atoms with Crippen molar-refractivity contribution in [3.63, 3.8) is 0 Å². The molecule has 0 fully saturated rings. The van der Waals surface area contributed by atoms with Crippen LogP contribution in [0.15, 0.2) is 54.7 Å². The monoisotopic (exact) mass is 292 g/mol. The molecule has 4 heteroatoms. The van der Waals surface area contributed by atoms with Gasteiger partial charge in [0, 0.05) is 11.6 Å². The Kier molecular flexibility index (Phi) is 3.74. The Bertz CT molecular complexity index is 838. The van der Waals surface area contributed by atoms with E-state index in [9.17, 15) is 4.79 Å². The van der Waals surface area contributed by atoms with Crippen LogP contribution in [-0.4, -0.2) is 18.0 Å². The summed E-state index contributed by atoms with van der Waals surface area (Å²) in [6.45, 7) is 1.91. The number of ether oxygens (including phenoxy) is 1. The van der Waals surface area contributed by atoms with Gasteiger partial charge in [0.05, 0.1) is 23.9 Å². The van der Waals surface area contributed by atoms with E-state index in [1.54, 1.807) is 19.4 Å². The maximum absolute atomic E-state index is 12.6. The third kappa shape index (κ3) is 2.51. The molecule has 2 aromatic carbocycles. The van der Waals surface area contributed by atoms with Crippen molar-refractivity contribution in [3.8, 4) is 5.75 Å². The fourth-order valence-electron chi connectivity index (χ4n) is 2.50. The SMILES string of the molecule is COc1c(C)cccc1C(=O)Nc1cccc2ncccc12. The third-order valence-corrected chi connectivity index (χ3v) is 3.55. The first kappa shape index (κ1) is 14.1. The molecular weight excluding hydrogens is 276 g/mol. The summed E-state index contributed by atoms with van der Waals surface area (Å²) in [5.74, 6) is 0.398. The van der Waals surface area contributed by atoms with E-state index in [0.717, 1.165) is 22.2 Å². The smallest absolute Gasteiger partial charge is 0.259 e. The molecule has 0 radical (unpaired) electrons. The first-order chi connectivity index (χ1) is 10.7. The summed E-state index contributed by atoms with van der Waals surface area (Å²) < 4.78 is 5.35. The molecule has 0 spiro atoms. The van der Waals surface area contributed by atoms with Crippen LogP contribution < -0.4 is 10.1 Å². The number of anilines is 1. The zero-order chi connectivity index (χ0) is 15.5. The minimum Gasteiger partial charge on any atom is -0.496 e. The van der Waals surface area contributed by atoms with Crippen LogP contribution in [0.1, 0.15) is 15.9 Å². The molecule has 3 aromatic rings. The molecule has 0 bridgehead atoms. The van der Waals surface area contributed by atoms with Crippen LogP contribution in [0.5, 0.6) is 5.75 Å². The van der Waals surface area contributed by atoms with Crippen molar-refractivity contribution in [1.82, 2.24) is 4.98 Å². The molecular formula is C18H16N2O2. The number of nitrogens with zero attached hydrogens (tertiary/aromatic N) is 1. The summed E-state index contributed by atoms with van der Waals surface area (Å²) in [4.78, 5) is 16.9. The number of rotatable bonds is 3. The van der Waals surface area contributed by atoms with Gasteiger partial charge >= 0.3 is 0 Å². The van der Waals surface area contributed by atoms with Gasteiger partial charge in [-0.05, 0) is 42.8 Å². The van der Waals surface area contributed by atoms with E-state index in [2.05, 4.69) is 10.3 Å².